The zero-order valence-electron chi connectivity index (χ0n) is 10.7. The number of nitrogens with one attached hydrogen (secondary N) is 1. The second-order valence-electron chi connectivity index (χ2n) is 4.53. The van der Waals surface area contributed by atoms with Crippen LogP contribution < -0.4 is 14.8 Å². The van der Waals surface area contributed by atoms with Crippen molar-refractivity contribution in [2.24, 2.45) is 0 Å². The van der Waals surface area contributed by atoms with Crippen molar-refractivity contribution in [3.05, 3.63) is 57.8 Å². The SMILES string of the molecule is Fc1cc(Br)ccc1CNCc1ccc2c(c1)OCO2. The Kier molecular flexibility index (Phi) is 3.89. The van der Waals surface area contributed by atoms with Crippen LogP contribution in [0, 0.1) is 5.82 Å². The number of halogens is 2. The predicted molar refractivity (Wildman–Crippen MR) is 77.2 cm³/mol. The Bertz CT molecular complexity index is 633. The first-order valence-electron chi connectivity index (χ1n) is 6.25. The fourth-order valence-electron chi connectivity index (χ4n) is 2.06. The number of hydrogen-bond acceptors (Lipinski definition) is 3. The summed E-state index contributed by atoms with van der Waals surface area (Å²) in [6, 6.07) is 10.9. The van der Waals surface area contributed by atoms with Crippen LogP contribution in [0.3, 0.4) is 0 Å². The minimum atomic E-state index is -0.211. The van der Waals surface area contributed by atoms with E-state index >= 15 is 0 Å². The third kappa shape index (κ3) is 2.94. The summed E-state index contributed by atoms with van der Waals surface area (Å²) < 4.78 is 25.0. The van der Waals surface area contributed by atoms with Crippen molar-refractivity contribution in [1.29, 1.82) is 0 Å². The van der Waals surface area contributed by atoms with Gasteiger partial charge in [-0.2, -0.15) is 0 Å². The molecule has 0 unspecified atom stereocenters. The lowest BCUT2D eigenvalue weighted by molar-refractivity contribution is 0.174. The van der Waals surface area contributed by atoms with Gasteiger partial charge >= 0.3 is 0 Å². The van der Waals surface area contributed by atoms with Crippen LogP contribution in [0.25, 0.3) is 0 Å². The molecule has 0 fully saturated rings. The largest absolute Gasteiger partial charge is 0.454 e. The highest BCUT2D eigenvalue weighted by atomic mass is 79.9. The van der Waals surface area contributed by atoms with Gasteiger partial charge in [0.1, 0.15) is 5.82 Å². The molecule has 0 aliphatic carbocycles. The van der Waals surface area contributed by atoms with Crippen molar-refractivity contribution >= 4 is 15.9 Å². The van der Waals surface area contributed by atoms with E-state index in [0.29, 0.717) is 18.7 Å². The predicted octanol–water partition coefficient (Wildman–Crippen LogP) is 3.61. The lowest BCUT2D eigenvalue weighted by Gasteiger charge is -2.07. The van der Waals surface area contributed by atoms with Gasteiger partial charge in [-0.15, -0.1) is 0 Å². The number of fused-ring (bicyclic) bond motifs is 1. The molecule has 104 valence electrons. The average Bonchev–Trinajstić information content (AvgIpc) is 2.89. The molecular weight excluding hydrogens is 325 g/mol. The number of benzene rings is 2. The second-order valence-corrected chi connectivity index (χ2v) is 5.44. The quantitative estimate of drug-likeness (QED) is 0.924. The van der Waals surface area contributed by atoms with Crippen molar-refractivity contribution in [3.63, 3.8) is 0 Å². The smallest absolute Gasteiger partial charge is 0.231 e. The van der Waals surface area contributed by atoms with Crippen LogP contribution in [0.4, 0.5) is 4.39 Å². The molecule has 0 atom stereocenters. The summed E-state index contributed by atoms with van der Waals surface area (Å²) in [7, 11) is 0. The number of hydrogen-bond donors (Lipinski definition) is 1. The maximum absolute atomic E-state index is 13.6. The van der Waals surface area contributed by atoms with Gasteiger partial charge in [0.25, 0.3) is 0 Å². The van der Waals surface area contributed by atoms with Gasteiger partial charge in [-0.3, -0.25) is 0 Å². The average molecular weight is 338 g/mol. The first-order chi connectivity index (χ1) is 9.72. The van der Waals surface area contributed by atoms with E-state index in [1.807, 2.05) is 24.3 Å². The highest BCUT2D eigenvalue weighted by molar-refractivity contribution is 9.10. The Hall–Kier alpha value is -1.59. The van der Waals surface area contributed by atoms with Crippen LogP contribution in [0.5, 0.6) is 11.5 Å². The topological polar surface area (TPSA) is 30.5 Å². The van der Waals surface area contributed by atoms with E-state index in [0.717, 1.165) is 21.5 Å². The normalized spacial score (nSPS) is 12.7. The van der Waals surface area contributed by atoms with E-state index in [1.54, 1.807) is 6.07 Å². The maximum atomic E-state index is 13.6. The first-order valence-corrected chi connectivity index (χ1v) is 7.05. The second kappa shape index (κ2) is 5.81. The Morgan fingerprint density at radius 3 is 2.75 bits per heavy atom. The molecule has 0 saturated carbocycles. The van der Waals surface area contributed by atoms with Gasteiger partial charge < -0.3 is 14.8 Å². The molecule has 1 aliphatic rings. The molecule has 3 rings (SSSR count). The van der Waals surface area contributed by atoms with Crippen LogP contribution in [-0.2, 0) is 13.1 Å². The van der Waals surface area contributed by atoms with Gasteiger partial charge in [-0.1, -0.05) is 28.1 Å². The number of rotatable bonds is 4. The lowest BCUT2D eigenvalue weighted by Crippen LogP contribution is -2.13. The van der Waals surface area contributed by atoms with Crippen LogP contribution in [0.2, 0.25) is 0 Å². The zero-order chi connectivity index (χ0) is 13.9. The zero-order valence-corrected chi connectivity index (χ0v) is 12.2. The third-order valence-electron chi connectivity index (χ3n) is 3.10. The molecule has 2 aromatic rings. The monoisotopic (exact) mass is 337 g/mol. The van der Waals surface area contributed by atoms with Gasteiger partial charge in [-0.05, 0) is 29.8 Å². The summed E-state index contributed by atoms with van der Waals surface area (Å²) in [5.74, 6) is 1.32. The van der Waals surface area contributed by atoms with E-state index < -0.39 is 0 Å². The van der Waals surface area contributed by atoms with E-state index in [-0.39, 0.29) is 12.6 Å². The molecule has 20 heavy (non-hydrogen) atoms. The minimum absolute atomic E-state index is 0.211. The van der Waals surface area contributed by atoms with E-state index in [2.05, 4.69) is 21.2 Å². The fourth-order valence-corrected chi connectivity index (χ4v) is 2.39. The summed E-state index contributed by atoms with van der Waals surface area (Å²) >= 11 is 3.24. The van der Waals surface area contributed by atoms with Crippen molar-refractivity contribution < 1.29 is 13.9 Å². The molecule has 0 aromatic heterocycles. The van der Waals surface area contributed by atoms with Crippen LogP contribution in [0.15, 0.2) is 40.9 Å². The standard InChI is InChI=1S/C15H13BrFNO2/c16-12-3-2-11(13(17)6-12)8-18-7-10-1-4-14-15(5-10)20-9-19-14/h1-6,18H,7-9H2. The minimum Gasteiger partial charge on any atom is -0.454 e. The van der Waals surface area contributed by atoms with Gasteiger partial charge in [-0.25, -0.2) is 4.39 Å². The van der Waals surface area contributed by atoms with Crippen molar-refractivity contribution in [2.75, 3.05) is 6.79 Å². The van der Waals surface area contributed by atoms with Crippen molar-refractivity contribution in [1.82, 2.24) is 5.32 Å². The van der Waals surface area contributed by atoms with Crippen molar-refractivity contribution in [3.8, 4) is 11.5 Å². The Balaban J connectivity index is 1.60. The van der Waals surface area contributed by atoms with Crippen LogP contribution >= 0.6 is 15.9 Å². The molecule has 1 aliphatic heterocycles. The Morgan fingerprint density at radius 1 is 1.05 bits per heavy atom. The third-order valence-corrected chi connectivity index (χ3v) is 3.59. The van der Waals surface area contributed by atoms with Gasteiger partial charge in [0.15, 0.2) is 11.5 Å². The van der Waals surface area contributed by atoms with Crippen molar-refractivity contribution in [2.45, 2.75) is 13.1 Å². The molecule has 0 saturated heterocycles. The molecule has 2 aromatic carbocycles. The Labute approximate surface area is 124 Å². The summed E-state index contributed by atoms with van der Waals surface area (Å²) in [5, 5.41) is 3.22. The molecule has 5 heteroatoms. The molecule has 1 N–H and O–H groups in total. The summed E-state index contributed by atoms with van der Waals surface area (Å²) in [5.41, 5.74) is 1.72. The maximum Gasteiger partial charge on any atom is 0.231 e. The van der Waals surface area contributed by atoms with E-state index in [4.69, 9.17) is 9.47 Å². The summed E-state index contributed by atoms with van der Waals surface area (Å²) in [6.45, 7) is 1.40. The number of ether oxygens (including phenoxy) is 2. The highest BCUT2D eigenvalue weighted by Crippen LogP contribution is 2.32. The molecule has 0 radical (unpaired) electrons. The fraction of sp³-hybridized carbons (Fsp3) is 0.200. The molecule has 1 heterocycles. The van der Waals surface area contributed by atoms with E-state index in [1.165, 1.54) is 6.07 Å². The van der Waals surface area contributed by atoms with Crippen LogP contribution in [-0.4, -0.2) is 6.79 Å². The van der Waals surface area contributed by atoms with Gasteiger partial charge in [0, 0.05) is 23.1 Å². The molecule has 0 bridgehead atoms. The van der Waals surface area contributed by atoms with Crippen LogP contribution in [0.1, 0.15) is 11.1 Å². The highest BCUT2D eigenvalue weighted by Gasteiger charge is 2.12. The molecule has 3 nitrogen and oxygen atoms in total. The summed E-state index contributed by atoms with van der Waals surface area (Å²) in [4.78, 5) is 0. The van der Waals surface area contributed by atoms with E-state index in [9.17, 15) is 4.39 Å². The van der Waals surface area contributed by atoms with Gasteiger partial charge in [0.2, 0.25) is 6.79 Å². The molecule has 0 spiro atoms. The lowest BCUT2D eigenvalue weighted by atomic mass is 10.2. The Morgan fingerprint density at radius 2 is 1.90 bits per heavy atom. The molecular formula is C15H13BrFNO2. The van der Waals surface area contributed by atoms with Gasteiger partial charge in [0.05, 0.1) is 0 Å². The summed E-state index contributed by atoms with van der Waals surface area (Å²) in [6.07, 6.45) is 0. The molecule has 0 amide bonds. The first kappa shape index (κ1) is 13.4.